The topological polar surface area (TPSA) is 66.9 Å². The number of rotatable bonds is 4. The SMILES string of the molecule is O=C(Nc1ccc(F)cc1)c1ccnc(Nc2ccc(F)c(Cl)c2)n1. The van der Waals surface area contributed by atoms with Crippen molar-refractivity contribution >= 4 is 34.8 Å². The molecule has 25 heavy (non-hydrogen) atoms. The van der Waals surface area contributed by atoms with Gasteiger partial charge in [0.1, 0.15) is 17.3 Å². The van der Waals surface area contributed by atoms with E-state index in [-0.39, 0.29) is 16.7 Å². The fraction of sp³-hybridized carbons (Fsp3) is 0. The molecule has 2 aromatic carbocycles. The van der Waals surface area contributed by atoms with Crippen molar-refractivity contribution in [2.24, 2.45) is 0 Å². The molecule has 0 aliphatic rings. The summed E-state index contributed by atoms with van der Waals surface area (Å²) in [6, 6.07) is 10.8. The molecule has 0 unspecified atom stereocenters. The summed E-state index contributed by atoms with van der Waals surface area (Å²) >= 11 is 5.72. The Bertz CT molecular complexity index is 919. The van der Waals surface area contributed by atoms with E-state index in [1.807, 2.05) is 0 Å². The average molecular weight is 361 g/mol. The minimum Gasteiger partial charge on any atom is -0.324 e. The maximum absolute atomic E-state index is 13.2. The Kier molecular flexibility index (Phi) is 4.85. The third kappa shape index (κ3) is 4.27. The van der Waals surface area contributed by atoms with E-state index < -0.39 is 17.5 Å². The molecule has 0 fully saturated rings. The highest BCUT2D eigenvalue weighted by Crippen LogP contribution is 2.21. The van der Waals surface area contributed by atoms with Crippen molar-refractivity contribution in [2.75, 3.05) is 10.6 Å². The Balaban J connectivity index is 1.75. The molecule has 3 rings (SSSR count). The zero-order valence-electron chi connectivity index (χ0n) is 12.6. The summed E-state index contributed by atoms with van der Waals surface area (Å²) in [6.45, 7) is 0. The van der Waals surface area contributed by atoms with E-state index in [2.05, 4.69) is 20.6 Å². The quantitative estimate of drug-likeness (QED) is 0.723. The predicted octanol–water partition coefficient (Wildman–Crippen LogP) is 4.40. The monoisotopic (exact) mass is 360 g/mol. The predicted molar refractivity (Wildman–Crippen MR) is 91.1 cm³/mol. The van der Waals surface area contributed by atoms with E-state index in [1.54, 1.807) is 0 Å². The molecule has 1 amide bonds. The number of amides is 1. The van der Waals surface area contributed by atoms with Crippen LogP contribution in [0.25, 0.3) is 0 Å². The van der Waals surface area contributed by atoms with E-state index in [1.165, 1.54) is 54.7 Å². The van der Waals surface area contributed by atoms with Crippen LogP contribution < -0.4 is 10.6 Å². The fourth-order valence-corrected chi connectivity index (χ4v) is 2.16. The molecule has 1 aromatic heterocycles. The molecule has 1 heterocycles. The smallest absolute Gasteiger partial charge is 0.274 e. The molecule has 0 spiro atoms. The highest BCUT2D eigenvalue weighted by molar-refractivity contribution is 6.31. The van der Waals surface area contributed by atoms with Crippen LogP contribution in [0, 0.1) is 11.6 Å². The number of carbonyl (C=O) groups is 1. The third-order valence-electron chi connectivity index (χ3n) is 3.17. The number of hydrogen-bond donors (Lipinski definition) is 2. The molecular weight excluding hydrogens is 350 g/mol. The molecule has 8 heteroatoms. The number of halogens is 3. The Hall–Kier alpha value is -3.06. The van der Waals surface area contributed by atoms with Crippen molar-refractivity contribution in [2.45, 2.75) is 0 Å². The van der Waals surface area contributed by atoms with Gasteiger partial charge in [0, 0.05) is 17.6 Å². The van der Waals surface area contributed by atoms with Gasteiger partial charge in [-0.15, -0.1) is 0 Å². The van der Waals surface area contributed by atoms with Crippen LogP contribution in [-0.2, 0) is 0 Å². The van der Waals surface area contributed by atoms with E-state index in [0.29, 0.717) is 11.4 Å². The molecule has 0 aliphatic carbocycles. The highest BCUT2D eigenvalue weighted by Gasteiger charge is 2.10. The minimum atomic E-state index is -0.541. The maximum atomic E-state index is 13.2. The van der Waals surface area contributed by atoms with Gasteiger partial charge < -0.3 is 10.6 Å². The van der Waals surface area contributed by atoms with E-state index in [9.17, 15) is 13.6 Å². The summed E-state index contributed by atoms with van der Waals surface area (Å²) in [6.07, 6.45) is 1.40. The van der Waals surface area contributed by atoms with Crippen molar-refractivity contribution < 1.29 is 13.6 Å². The molecule has 0 aliphatic heterocycles. The average Bonchev–Trinajstić information content (AvgIpc) is 2.60. The number of benzene rings is 2. The summed E-state index contributed by atoms with van der Waals surface area (Å²) in [5.74, 6) is -1.27. The second kappa shape index (κ2) is 7.23. The van der Waals surface area contributed by atoms with Gasteiger partial charge in [0.15, 0.2) is 0 Å². The van der Waals surface area contributed by atoms with E-state index in [4.69, 9.17) is 11.6 Å². The van der Waals surface area contributed by atoms with Gasteiger partial charge in [0.2, 0.25) is 5.95 Å². The normalized spacial score (nSPS) is 10.4. The van der Waals surface area contributed by atoms with Crippen molar-refractivity contribution in [1.29, 1.82) is 0 Å². The van der Waals surface area contributed by atoms with Gasteiger partial charge in [-0.1, -0.05) is 11.6 Å². The second-order valence-electron chi connectivity index (χ2n) is 4.98. The molecule has 0 saturated carbocycles. The first-order valence-electron chi connectivity index (χ1n) is 7.13. The van der Waals surface area contributed by atoms with Crippen molar-refractivity contribution in [3.05, 3.63) is 77.1 Å². The van der Waals surface area contributed by atoms with Crippen molar-refractivity contribution in [3.8, 4) is 0 Å². The first-order chi connectivity index (χ1) is 12.0. The summed E-state index contributed by atoms with van der Waals surface area (Å²) in [7, 11) is 0. The highest BCUT2D eigenvalue weighted by atomic mass is 35.5. The molecule has 5 nitrogen and oxygen atoms in total. The standard InChI is InChI=1S/C17H11ClF2N4O/c18-13-9-12(5-6-14(13)20)23-17-21-8-7-15(24-17)16(25)22-11-3-1-10(19)2-4-11/h1-9H,(H,22,25)(H,21,23,24). The summed E-state index contributed by atoms with van der Waals surface area (Å²) in [4.78, 5) is 20.3. The zero-order valence-corrected chi connectivity index (χ0v) is 13.4. The van der Waals surface area contributed by atoms with Gasteiger partial charge in [-0.25, -0.2) is 18.7 Å². The molecule has 2 N–H and O–H groups in total. The molecule has 3 aromatic rings. The summed E-state index contributed by atoms with van der Waals surface area (Å²) < 4.78 is 26.1. The molecular formula is C17H11ClF2N4O. The Labute approximate surface area is 146 Å². The lowest BCUT2D eigenvalue weighted by atomic mass is 10.3. The van der Waals surface area contributed by atoms with E-state index >= 15 is 0 Å². The van der Waals surface area contributed by atoms with Crippen LogP contribution in [0.1, 0.15) is 10.5 Å². The van der Waals surface area contributed by atoms with Crippen LogP contribution in [0.15, 0.2) is 54.7 Å². The van der Waals surface area contributed by atoms with Gasteiger partial charge in [-0.05, 0) is 48.5 Å². The van der Waals surface area contributed by atoms with Crippen LogP contribution >= 0.6 is 11.6 Å². The lowest BCUT2D eigenvalue weighted by Crippen LogP contribution is -2.14. The third-order valence-corrected chi connectivity index (χ3v) is 3.46. The molecule has 0 saturated heterocycles. The van der Waals surface area contributed by atoms with Crippen LogP contribution in [0.4, 0.5) is 26.1 Å². The number of aromatic nitrogens is 2. The first kappa shape index (κ1) is 16.8. The number of nitrogens with one attached hydrogen (secondary N) is 2. The zero-order chi connectivity index (χ0) is 17.8. The first-order valence-corrected chi connectivity index (χ1v) is 7.51. The second-order valence-corrected chi connectivity index (χ2v) is 5.39. The molecule has 0 radical (unpaired) electrons. The minimum absolute atomic E-state index is 0.0461. The number of hydrogen-bond acceptors (Lipinski definition) is 4. The van der Waals surface area contributed by atoms with Crippen molar-refractivity contribution in [1.82, 2.24) is 9.97 Å². The van der Waals surface area contributed by atoms with Gasteiger partial charge in [0.25, 0.3) is 5.91 Å². The summed E-state index contributed by atoms with van der Waals surface area (Å²) in [5.41, 5.74) is 1.02. The Morgan fingerprint density at radius 2 is 1.72 bits per heavy atom. The van der Waals surface area contributed by atoms with E-state index in [0.717, 1.165) is 0 Å². The molecule has 0 atom stereocenters. The molecule has 0 bridgehead atoms. The lowest BCUT2D eigenvalue weighted by molar-refractivity contribution is 0.102. The van der Waals surface area contributed by atoms with Crippen LogP contribution in [0.5, 0.6) is 0 Å². The van der Waals surface area contributed by atoms with Gasteiger partial charge in [-0.2, -0.15) is 0 Å². The van der Waals surface area contributed by atoms with Gasteiger partial charge in [-0.3, -0.25) is 4.79 Å². The Morgan fingerprint density at radius 1 is 1.00 bits per heavy atom. The van der Waals surface area contributed by atoms with Crippen molar-refractivity contribution in [3.63, 3.8) is 0 Å². The van der Waals surface area contributed by atoms with Crippen LogP contribution in [0.2, 0.25) is 5.02 Å². The van der Waals surface area contributed by atoms with Crippen LogP contribution in [-0.4, -0.2) is 15.9 Å². The largest absolute Gasteiger partial charge is 0.324 e. The maximum Gasteiger partial charge on any atom is 0.274 e. The summed E-state index contributed by atoms with van der Waals surface area (Å²) in [5, 5.41) is 5.39. The van der Waals surface area contributed by atoms with Gasteiger partial charge >= 0.3 is 0 Å². The molecule has 126 valence electrons. The van der Waals surface area contributed by atoms with Gasteiger partial charge in [0.05, 0.1) is 5.02 Å². The number of nitrogens with zero attached hydrogens (tertiary/aromatic N) is 2. The van der Waals surface area contributed by atoms with Crippen LogP contribution in [0.3, 0.4) is 0 Å². The fourth-order valence-electron chi connectivity index (χ4n) is 1.98. The lowest BCUT2D eigenvalue weighted by Gasteiger charge is -2.08. The Morgan fingerprint density at radius 3 is 2.44 bits per heavy atom. The number of anilines is 3. The number of carbonyl (C=O) groups excluding carboxylic acids is 1.